The van der Waals surface area contributed by atoms with Crippen molar-refractivity contribution in [2.45, 2.75) is 83.2 Å². The van der Waals surface area contributed by atoms with Crippen LogP contribution in [0.25, 0.3) is 0 Å². The molecule has 0 radical (unpaired) electrons. The highest BCUT2D eigenvalue weighted by Gasteiger charge is 2.41. The van der Waals surface area contributed by atoms with E-state index in [2.05, 4.69) is 18.7 Å². The fourth-order valence-corrected chi connectivity index (χ4v) is 4.44. The Bertz CT molecular complexity index is 235. The minimum atomic E-state index is 0.291. The van der Waals surface area contributed by atoms with Gasteiger partial charge in [-0.1, -0.05) is 39.5 Å². The summed E-state index contributed by atoms with van der Waals surface area (Å²) in [6.07, 6.45) is 12.2. The molecule has 1 atom stereocenters. The maximum absolute atomic E-state index is 6.69. The lowest BCUT2D eigenvalue weighted by molar-refractivity contribution is 0.0675. The SMILES string of the molecule is CCC(CC)(C(N)CC1CCCC1)N1CCCC1. The Morgan fingerprint density at radius 1 is 1.06 bits per heavy atom. The van der Waals surface area contributed by atoms with Crippen molar-refractivity contribution in [3.8, 4) is 0 Å². The standard InChI is InChI=1S/C16H32N2/c1-3-16(4-2,18-11-7-8-12-18)15(17)13-14-9-5-6-10-14/h14-15H,3-13,17H2,1-2H3. The molecule has 18 heavy (non-hydrogen) atoms. The number of likely N-dealkylation sites (tertiary alicyclic amines) is 1. The first kappa shape index (κ1) is 14.3. The van der Waals surface area contributed by atoms with Gasteiger partial charge in [-0.05, 0) is 51.1 Å². The second kappa shape index (κ2) is 6.38. The van der Waals surface area contributed by atoms with Gasteiger partial charge in [0.2, 0.25) is 0 Å². The number of hydrogen-bond donors (Lipinski definition) is 1. The first-order valence-corrected chi connectivity index (χ1v) is 8.23. The quantitative estimate of drug-likeness (QED) is 0.783. The van der Waals surface area contributed by atoms with Crippen molar-refractivity contribution in [3.05, 3.63) is 0 Å². The summed E-state index contributed by atoms with van der Waals surface area (Å²) >= 11 is 0. The van der Waals surface area contributed by atoms with Crippen LogP contribution in [-0.2, 0) is 0 Å². The molecule has 106 valence electrons. The molecule has 1 aliphatic heterocycles. The molecule has 1 saturated carbocycles. The molecular formula is C16H32N2. The highest BCUT2D eigenvalue weighted by atomic mass is 15.2. The van der Waals surface area contributed by atoms with Gasteiger partial charge in [-0.2, -0.15) is 0 Å². The molecule has 2 rings (SSSR count). The van der Waals surface area contributed by atoms with Crippen molar-refractivity contribution in [2.75, 3.05) is 13.1 Å². The first-order valence-electron chi connectivity index (χ1n) is 8.23. The van der Waals surface area contributed by atoms with Crippen LogP contribution in [0, 0.1) is 5.92 Å². The second-order valence-corrected chi connectivity index (χ2v) is 6.50. The smallest absolute Gasteiger partial charge is 0.0355 e. The van der Waals surface area contributed by atoms with Crippen molar-refractivity contribution in [1.82, 2.24) is 4.90 Å². The molecule has 2 fully saturated rings. The highest BCUT2D eigenvalue weighted by Crippen LogP contribution is 2.36. The number of hydrogen-bond acceptors (Lipinski definition) is 2. The van der Waals surface area contributed by atoms with Gasteiger partial charge in [0.05, 0.1) is 0 Å². The van der Waals surface area contributed by atoms with E-state index in [9.17, 15) is 0 Å². The molecule has 0 bridgehead atoms. The summed E-state index contributed by atoms with van der Waals surface area (Å²) in [5.74, 6) is 0.917. The molecule has 0 aromatic carbocycles. The first-order chi connectivity index (χ1) is 8.73. The maximum atomic E-state index is 6.69. The molecule has 1 aliphatic carbocycles. The number of nitrogens with two attached hydrogens (primary N) is 1. The Labute approximate surface area is 113 Å². The van der Waals surface area contributed by atoms with Gasteiger partial charge < -0.3 is 5.73 Å². The van der Waals surface area contributed by atoms with Crippen LogP contribution >= 0.6 is 0 Å². The van der Waals surface area contributed by atoms with Crippen LogP contribution in [0.15, 0.2) is 0 Å². The zero-order chi connectivity index (χ0) is 13.0. The number of rotatable bonds is 6. The van der Waals surface area contributed by atoms with Gasteiger partial charge in [0, 0.05) is 11.6 Å². The topological polar surface area (TPSA) is 29.3 Å². The molecule has 1 heterocycles. The van der Waals surface area contributed by atoms with Crippen molar-refractivity contribution >= 4 is 0 Å². The Hall–Kier alpha value is -0.0800. The Morgan fingerprint density at radius 2 is 1.61 bits per heavy atom. The van der Waals surface area contributed by atoms with E-state index in [0.717, 1.165) is 5.92 Å². The van der Waals surface area contributed by atoms with E-state index >= 15 is 0 Å². The molecule has 2 heteroatoms. The molecule has 2 nitrogen and oxygen atoms in total. The lowest BCUT2D eigenvalue weighted by atomic mass is 9.78. The summed E-state index contributed by atoms with van der Waals surface area (Å²) in [6.45, 7) is 7.24. The normalized spacial score (nSPS) is 24.8. The molecule has 1 saturated heterocycles. The third-order valence-electron chi connectivity index (χ3n) is 5.71. The van der Waals surface area contributed by atoms with E-state index in [-0.39, 0.29) is 0 Å². The van der Waals surface area contributed by atoms with Crippen molar-refractivity contribution in [3.63, 3.8) is 0 Å². The summed E-state index contributed by atoms with van der Waals surface area (Å²) in [6, 6.07) is 0.383. The lowest BCUT2D eigenvalue weighted by Crippen LogP contribution is -2.59. The predicted octanol–water partition coefficient (Wildman–Crippen LogP) is 3.55. The molecule has 0 aromatic heterocycles. The predicted molar refractivity (Wildman–Crippen MR) is 78.7 cm³/mol. The highest BCUT2D eigenvalue weighted by molar-refractivity contribution is 4.99. The van der Waals surface area contributed by atoms with Gasteiger partial charge in [0.1, 0.15) is 0 Å². The van der Waals surface area contributed by atoms with Crippen LogP contribution < -0.4 is 5.73 Å². The van der Waals surface area contributed by atoms with Gasteiger partial charge in [-0.15, -0.1) is 0 Å². The number of nitrogens with zero attached hydrogens (tertiary/aromatic N) is 1. The zero-order valence-electron chi connectivity index (χ0n) is 12.5. The summed E-state index contributed by atoms with van der Waals surface area (Å²) in [5, 5.41) is 0. The average Bonchev–Trinajstić information content (AvgIpc) is 3.04. The molecule has 1 unspecified atom stereocenters. The Morgan fingerprint density at radius 3 is 2.11 bits per heavy atom. The van der Waals surface area contributed by atoms with Gasteiger partial charge >= 0.3 is 0 Å². The van der Waals surface area contributed by atoms with E-state index in [1.165, 1.54) is 70.9 Å². The van der Waals surface area contributed by atoms with Crippen LogP contribution in [0.5, 0.6) is 0 Å². The van der Waals surface area contributed by atoms with E-state index in [1.807, 2.05) is 0 Å². The van der Waals surface area contributed by atoms with Gasteiger partial charge in [-0.3, -0.25) is 4.90 Å². The molecule has 2 aliphatic rings. The zero-order valence-corrected chi connectivity index (χ0v) is 12.5. The second-order valence-electron chi connectivity index (χ2n) is 6.50. The van der Waals surface area contributed by atoms with Crippen LogP contribution in [0.2, 0.25) is 0 Å². The molecule has 2 N–H and O–H groups in total. The maximum Gasteiger partial charge on any atom is 0.0355 e. The fraction of sp³-hybridized carbons (Fsp3) is 1.00. The van der Waals surface area contributed by atoms with E-state index < -0.39 is 0 Å². The molecule has 0 amide bonds. The van der Waals surface area contributed by atoms with Crippen molar-refractivity contribution in [2.24, 2.45) is 11.7 Å². The van der Waals surface area contributed by atoms with E-state index in [1.54, 1.807) is 0 Å². The third kappa shape index (κ3) is 2.75. The van der Waals surface area contributed by atoms with Crippen LogP contribution in [0.4, 0.5) is 0 Å². The van der Waals surface area contributed by atoms with Crippen molar-refractivity contribution < 1.29 is 0 Å². The molecular weight excluding hydrogens is 220 g/mol. The lowest BCUT2D eigenvalue weighted by Gasteiger charge is -2.46. The average molecular weight is 252 g/mol. The van der Waals surface area contributed by atoms with Gasteiger partial charge in [0.15, 0.2) is 0 Å². The van der Waals surface area contributed by atoms with Gasteiger partial charge in [0.25, 0.3) is 0 Å². The third-order valence-corrected chi connectivity index (χ3v) is 5.71. The van der Waals surface area contributed by atoms with E-state index in [4.69, 9.17) is 5.73 Å². The molecule has 0 spiro atoms. The van der Waals surface area contributed by atoms with Gasteiger partial charge in [-0.25, -0.2) is 0 Å². The van der Waals surface area contributed by atoms with E-state index in [0.29, 0.717) is 11.6 Å². The monoisotopic (exact) mass is 252 g/mol. The summed E-state index contributed by atoms with van der Waals surface area (Å²) < 4.78 is 0. The fourth-order valence-electron chi connectivity index (χ4n) is 4.44. The van der Waals surface area contributed by atoms with Crippen LogP contribution in [0.3, 0.4) is 0 Å². The Balaban J connectivity index is 2.02. The minimum absolute atomic E-state index is 0.291. The summed E-state index contributed by atoms with van der Waals surface area (Å²) in [4.78, 5) is 2.71. The molecule has 0 aromatic rings. The van der Waals surface area contributed by atoms with Crippen LogP contribution in [-0.4, -0.2) is 29.6 Å². The minimum Gasteiger partial charge on any atom is -0.326 e. The summed E-state index contributed by atoms with van der Waals surface area (Å²) in [5.41, 5.74) is 6.98. The van der Waals surface area contributed by atoms with Crippen LogP contribution in [0.1, 0.15) is 71.6 Å². The Kier molecular flexibility index (Phi) is 5.08. The largest absolute Gasteiger partial charge is 0.326 e. The summed E-state index contributed by atoms with van der Waals surface area (Å²) in [7, 11) is 0. The van der Waals surface area contributed by atoms with Crippen molar-refractivity contribution in [1.29, 1.82) is 0 Å².